The molecule has 2 N–H and O–H groups in total. The summed E-state index contributed by atoms with van der Waals surface area (Å²) in [5.74, 6) is 0.176. The Bertz CT molecular complexity index is 890. The van der Waals surface area contributed by atoms with E-state index in [1.165, 1.54) is 27.1 Å². The SMILES string of the molecule is CN(CCC(=O)O)C(=O)CSCc1nc2sc3c(c2c(=O)[nH]1)CCCC3. The molecular weight excluding hydrogens is 374 g/mol. The first kappa shape index (κ1) is 18.9. The summed E-state index contributed by atoms with van der Waals surface area (Å²) < 4.78 is 0. The molecule has 0 saturated heterocycles. The van der Waals surface area contributed by atoms with Crippen molar-refractivity contribution in [2.75, 3.05) is 19.3 Å². The van der Waals surface area contributed by atoms with Gasteiger partial charge < -0.3 is 15.0 Å². The number of H-pyrrole nitrogens is 1. The van der Waals surface area contributed by atoms with Gasteiger partial charge in [-0.2, -0.15) is 0 Å². The average molecular weight is 396 g/mol. The summed E-state index contributed by atoms with van der Waals surface area (Å²) in [4.78, 5) is 45.9. The Morgan fingerprint density at radius 2 is 2.12 bits per heavy atom. The lowest BCUT2D eigenvalue weighted by molar-refractivity contribution is -0.137. The summed E-state index contributed by atoms with van der Waals surface area (Å²) in [7, 11) is 1.59. The van der Waals surface area contributed by atoms with Crippen molar-refractivity contribution in [3.8, 4) is 0 Å². The number of carbonyl (C=O) groups excluding carboxylic acids is 1. The normalized spacial score (nSPS) is 13.6. The van der Waals surface area contributed by atoms with Gasteiger partial charge in [0.15, 0.2) is 0 Å². The number of nitrogens with zero attached hydrogens (tertiary/aromatic N) is 2. The molecule has 0 spiro atoms. The molecule has 26 heavy (non-hydrogen) atoms. The van der Waals surface area contributed by atoms with E-state index in [2.05, 4.69) is 9.97 Å². The molecule has 0 bridgehead atoms. The number of aliphatic carboxylic acids is 1. The number of carboxylic acid groups (broad SMARTS) is 1. The standard InChI is InChI=1S/C17H21N3O4S2/c1-20(7-6-14(22)23)13(21)9-25-8-12-18-16(24)15-10-4-2-3-5-11(10)26-17(15)19-12/h2-9H2,1H3,(H,22,23)(H,18,19,24). The lowest BCUT2D eigenvalue weighted by atomic mass is 9.97. The van der Waals surface area contributed by atoms with Gasteiger partial charge in [0.05, 0.1) is 23.3 Å². The summed E-state index contributed by atoms with van der Waals surface area (Å²) in [6.07, 6.45) is 4.19. The molecule has 7 nitrogen and oxygen atoms in total. The quantitative estimate of drug-likeness (QED) is 0.743. The van der Waals surface area contributed by atoms with Crippen molar-refractivity contribution in [1.29, 1.82) is 0 Å². The molecule has 0 aliphatic heterocycles. The van der Waals surface area contributed by atoms with E-state index >= 15 is 0 Å². The second-order valence-corrected chi connectivity index (χ2v) is 8.42. The first-order valence-electron chi connectivity index (χ1n) is 8.52. The molecule has 0 atom stereocenters. The minimum Gasteiger partial charge on any atom is -0.481 e. The van der Waals surface area contributed by atoms with Crippen molar-refractivity contribution in [3.05, 3.63) is 26.6 Å². The number of hydrogen-bond donors (Lipinski definition) is 2. The number of carboxylic acids is 1. The topological polar surface area (TPSA) is 103 Å². The maximum atomic E-state index is 12.5. The lowest BCUT2D eigenvalue weighted by Gasteiger charge is -2.15. The van der Waals surface area contributed by atoms with Crippen molar-refractivity contribution < 1.29 is 14.7 Å². The van der Waals surface area contributed by atoms with Crippen LogP contribution in [0.4, 0.5) is 0 Å². The number of thioether (sulfide) groups is 1. The molecule has 3 rings (SSSR count). The minimum absolute atomic E-state index is 0.0680. The van der Waals surface area contributed by atoms with E-state index in [4.69, 9.17) is 5.11 Å². The number of aromatic nitrogens is 2. The van der Waals surface area contributed by atoms with Crippen molar-refractivity contribution in [3.63, 3.8) is 0 Å². The zero-order valence-corrected chi connectivity index (χ0v) is 16.2. The molecule has 2 aromatic rings. The Morgan fingerprint density at radius 1 is 1.35 bits per heavy atom. The third-order valence-corrected chi connectivity index (χ3v) is 6.54. The molecule has 2 heterocycles. The summed E-state index contributed by atoms with van der Waals surface area (Å²) >= 11 is 2.97. The Morgan fingerprint density at radius 3 is 2.88 bits per heavy atom. The predicted octanol–water partition coefficient (Wildman–Crippen LogP) is 2.03. The number of aryl methyl sites for hydroxylation is 2. The second-order valence-electron chi connectivity index (χ2n) is 6.36. The van der Waals surface area contributed by atoms with Gasteiger partial charge in [0, 0.05) is 18.5 Å². The molecule has 9 heteroatoms. The van der Waals surface area contributed by atoms with E-state index in [9.17, 15) is 14.4 Å². The Labute approximate surface area is 158 Å². The maximum Gasteiger partial charge on any atom is 0.305 e. The van der Waals surface area contributed by atoms with Gasteiger partial charge in [0.1, 0.15) is 10.7 Å². The van der Waals surface area contributed by atoms with E-state index in [1.54, 1.807) is 18.4 Å². The van der Waals surface area contributed by atoms with Gasteiger partial charge >= 0.3 is 5.97 Å². The zero-order chi connectivity index (χ0) is 18.7. The number of nitrogens with one attached hydrogen (secondary N) is 1. The van der Waals surface area contributed by atoms with Crippen molar-refractivity contribution in [2.24, 2.45) is 0 Å². The second kappa shape index (κ2) is 8.22. The van der Waals surface area contributed by atoms with Crippen LogP contribution in [0.15, 0.2) is 4.79 Å². The van der Waals surface area contributed by atoms with Crippen molar-refractivity contribution >= 4 is 45.2 Å². The fraction of sp³-hybridized carbons (Fsp3) is 0.529. The fourth-order valence-electron chi connectivity index (χ4n) is 3.01. The molecule has 0 fully saturated rings. The van der Waals surface area contributed by atoms with Crippen molar-refractivity contribution in [1.82, 2.24) is 14.9 Å². The number of aromatic amines is 1. The van der Waals surface area contributed by atoms with Crippen LogP contribution in [0.5, 0.6) is 0 Å². The van der Waals surface area contributed by atoms with Crippen LogP contribution < -0.4 is 5.56 Å². The van der Waals surface area contributed by atoms with Gasteiger partial charge in [-0.1, -0.05) is 0 Å². The molecule has 0 radical (unpaired) electrons. The van der Waals surface area contributed by atoms with Crippen LogP contribution in [0, 0.1) is 0 Å². The predicted molar refractivity (Wildman–Crippen MR) is 103 cm³/mol. The summed E-state index contributed by atoms with van der Waals surface area (Å²) in [6.45, 7) is 0.191. The molecule has 1 amide bonds. The van der Waals surface area contributed by atoms with Crippen LogP contribution in [0.3, 0.4) is 0 Å². The number of hydrogen-bond acceptors (Lipinski definition) is 6. The number of thiophene rings is 1. The highest BCUT2D eigenvalue weighted by molar-refractivity contribution is 7.99. The molecule has 1 aliphatic carbocycles. The fourth-order valence-corrected chi connectivity index (χ4v) is 5.12. The summed E-state index contributed by atoms with van der Waals surface area (Å²) in [5.41, 5.74) is 1.08. The highest BCUT2D eigenvalue weighted by atomic mass is 32.2. The maximum absolute atomic E-state index is 12.5. The minimum atomic E-state index is -0.925. The van der Waals surface area contributed by atoms with E-state index < -0.39 is 5.97 Å². The number of fused-ring (bicyclic) bond motifs is 3. The van der Waals surface area contributed by atoms with Crippen LogP contribution >= 0.6 is 23.1 Å². The molecule has 0 aromatic carbocycles. The first-order valence-corrected chi connectivity index (χ1v) is 10.5. The van der Waals surface area contributed by atoms with Gasteiger partial charge in [0.25, 0.3) is 5.56 Å². The summed E-state index contributed by atoms with van der Waals surface area (Å²) in [5, 5.41) is 9.40. The lowest BCUT2D eigenvalue weighted by Crippen LogP contribution is -2.30. The highest BCUT2D eigenvalue weighted by Crippen LogP contribution is 2.33. The monoisotopic (exact) mass is 395 g/mol. The van der Waals surface area contributed by atoms with Crippen LogP contribution in [-0.2, 0) is 28.2 Å². The largest absolute Gasteiger partial charge is 0.481 e. The van der Waals surface area contributed by atoms with Gasteiger partial charge in [-0.25, -0.2) is 4.98 Å². The van der Waals surface area contributed by atoms with E-state index in [1.807, 2.05) is 0 Å². The third-order valence-electron chi connectivity index (χ3n) is 4.43. The van der Waals surface area contributed by atoms with Gasteiger partial charge in [-0.3, -0.25) is 14.4 Å². The Balaban J connectivity index is 1.62. The van der Waals surface area contributed by atoms with Crippen LogP contribution in [0.2, 0.25) is 0 Å². The molecule has 140 valence electrons. The number of rotatable bonds is 7. The first-order chi connectivity index (χ1) is 12.5. The molecule has 0 unspecified atom stereocenters. The smallest absolute Gasteiger partial charge is 0.305 e. The van der Waals surface area contributed by atoms with E-state index in [0.717, 1.165) is 35.9 Å². The number of amides is 1. The third kappa shape index (κ3) is 4.27. The Kier molecular flexibility index (Phi) is 5.98. The van der Waals surface area contributed by atoms with Crippen molar-refractivity contribution in [2.45, 2.75) is 37.9 Å². The average Bonchev–Trinajstić information content (AvgIpc) is 2.98. The summed E-state index contributed by atoms with van der Waals surface area (Å²) in [6, 6.07) is 0. The highest BCUT2D eigenvalue weighted by Gasteiger charge is 2.20. The molecule has 0 saturated carbocycles. The Hall–Kier alpha value is -1.87. The molecular formula is C17H21N3O4S2. The molecule has 2 aromatic heterocycles. The molecule has 1 aliphatic rings. The van der Waals surface area contributed by atoms with Crippen LogP contribution in [0.1, 0.15) is 35.5 Å². The zero-order valence-electron chi connectivity index (χ0n) is 14.5. The van der Waals surface area contributed by atoms with E-state index in [0.29, 0.717) is 11.6 Å². The van der Waals surface area contributed by atoms with E-state index in [-0.39, 0.29) is 30.2 Å². The van der Waals surface area contributed by atoms with Gasteiger partial charge in [-0.05, 0) is 31.2 Å². The van der Waals surface area contributed by atoms with Crippen LogP contribution in [0.25, 0.3) is 10.2 Å². The van der Waals surface area contributed by atoms with Crippen LogP contribution in [-0.4, -0.2) is 51.2 Å². The van der Waals surface area contributed by atoms with Gasteiger partial charge in [-0.15, -0.1) is 23.1 Å². The van der Waals surface area contributed by atoms with Gasteiger partial charge in [0.2, 0.25) is 5.91 Å². The number of carbonyl (C=O) groups is 2.